The van der Waals surface area contributed by atoms with Crippen molar-refractivity contribution in [1.29, 1.82) is 0 Å². The highest BCUT2D eigenvalue weighted by Gasteiger charge is 2.04. The third kappa shape index (κ3) is 1.82. The van der Waals surface area contributed by atoms with Gasteiger partial charge in [0.2, 0.25) is 0 Å². The van der Waals surface area contributed by atoms with Crippen LogP contribution in [0.1, 0.15) is 0 Å². The highest BCUT2D eigenvalue weighted by atomic mass is 79.9. The number of hydrogen-bond donors (Lipinski definition) is 1. The van der Waals surface area contributed by atoms with E-state index < -0.39 is 0 Å². The number of nitrogens with one attached hydrogen (secondary N) is 1. The molecule has 62 valence electrons. The van der Waals surface area contributed by atoms with Gasteiger partial charge in [-0.15, -0.1) is 10.2 Å². The van der Waals surface area contributed by atoms with Crippen molar-refractivity contribution < 1.29 is 0 Å². The van der Waals surface area contributed by atoms with Crippen molar-refractivity contribution in [1.82, 2.24) is 25.4 Å². The molecule has 0 atom stereocenters. The monoisotopic (exact) mass is 263 g/mol. The van der Waals surface area contributed by atoms with Crippen LogP contribution in [-0.2, 0) is 0 Å². The lowest BCUT2D eigenvalue weighted by molar-refractivity contribution is 0.957. The van der Waals surface area contributed by atoms with Gasteiger partial charge in [0.25, 0.3) is 0 Å². The molecule has 2 aromatic rings. The molecule has 8 heteroatoms. The molecule has 2 heterocycles. The van der Waals surface area contributed by atoms with Gasteiger partial charge in [0.05, 0.1) is 0 Å². The van der Waals surface area contributed by atoms with Crippen LogP contribution in [0.2, 0.25) is 0 Å². The van der Waals surface area contributed by atoms with E-state index in [1.807, 2.05) is 0 Å². The number of H-pyrrole nitrogens is 1. The molecule has 0 bridgehead atoms. The van der Waals surface area contributed by atoms with Crippen molar-refractivity contribution in [2.45, 2.75) is 9.50 Å². The van der Waals surface area contributed by atoms with Crippen LogP contribution in [0.15, 0.2) is 19.7 Å². The van der Waals surface area contributed by atoms with E-state index in [4.69, 9.17) is 0 Å². The molecule has 0 saturated heterocycles. The van der Waals surface area contributed by atoms with Gasteiger partial charge in [0, 0.05) is 0 Å². The molecule has 5 nitrogen and oxygen atoms in total. The molecule has 2 rings (SSSR count). The Bertz CT molecular complexity index is 357. The third-order valence-corrected chi connectivity index (χ3v) is 3.26. The minimum Gasteiger partial charge on any atom is -0.254 e. The van der Waals surface area contributed by atoms with Crippen LogP contribution in [-0.4, -0.2) is 25.4 Å². The van der Waals surface area contributed by atoms with Crippen LogP contribution < -0.4 is 0 Å². The fourth-order valence-electron chi connectivity index (χ4n) is 0.560. The fraction of sp³-hybridized carbons (Fsp3) is 0. The lowest BCUT2D eigenvalue weighted by Gasteiger charge is -1.85. The average Bonchev–Trinajstić information content (AvgIpc) is 2.63. The lowest BCUT2D eigenvalue weighted by Crippen LogP contribution is -1.74. The Morgan fingerprint density at radius 1 is 1.50 bits per heavy atom. The maximum Gasteiger partial charge on any atom is 0.190 e. The minimum absolute atomic E-state index is 0.721. The van der Waals surface area contributed by atoms with E-state index in [1.54, 1.807) is 0 Å². The van der Waals surface area contributed by atoms with E-state index in [-0.39, 0.29) is 0 Å². The molecular weight excluding hydrogens is 262 g/mol. The quantitative estimate of drug-likeness (QED) is 0.891. The number of aromatic amines is 1. The van der Waals surface area contributed by atoms with Gasteiger partial charge in [-0.25, -0.2) is 4.98 Å². The lowest BCUT2D eigenvalue weighted by atomic mass is 11.3. The number of aromatic nitrogens is 5. The Morgan fingerprint density at radius 2 is 2.42 bits per heavy atom. The van der Waals surface area contributed by atoms with Gasteiger partial charge in [-0.05, 0) is 27.7 Å². The summed E-state index contributed by atoms with van der Waals surface area (Å²) in [6.45, 7) is 0. The summed E-state index contributed by atoms with van der Waals surface area (Å²) < 4.78 is 1.60. The standard InChI is InChI=1S/C4H2BrN5S2/c5-2-8-10-4(11-2)12-3-6-1-7-9-3/h1H,(H,6,7,9). The summed E-state index contributed by atoms with van der Waals surface area (Å²) in [6, 6.07) is 0. The summed E-state index contributed by atoms with van der Waals surface area (Å²) in [5, 5.41) is 14.8. The van der Waals surface area contributed by atoms with Crippen LogP contribution in [0.3, 0.4) is 0 Å². The Hall–Kier alpha value is -0.470. The first kappa shape index (κ1) is 8.14. The van der Waals surface area contributed by atoms with Gasteiger partial charge in [-0.3, -0.25) is 5.10 Å². The summed E-state index contributed by atoms with van der Waals surface area (Å²) in [6.07, 6.45) is 1.46. The van der Waals surface area contributed by atoms with Crippen LogP contribution >= 0.6 is 39.0 Å². The molecule has 0 unspecified atom stereocenters. The molecule has 0 fully saturated rings. The third-order valence-electron chi connectivity index (χ3n) is 0.959. The molecule has 0 spiro atoms. The zero-order valence-electron chi connectivity index (χ0n) is 5.56. The Kier molecular flexibility index (Phi) is 2.38. The molecule has 0 aliphatic carbocycles. The maximum absolute atomic E-state index is 3.94. The van der Waals surface area contributed by atoms with Gasteiger partial charge in [0.1, 0.15) is 6.33 Å². The maximum atomic E-state index is 3.94. The van der Waals surface area contributed by atoms with Crippen molar-refractivity contribution in [3.8, 4) is 0 Å². The van der Waals surface area contributed by atoms with Gasteiger partial charge >= 0.3 is 0 Å². The van der Waals surface area contributed by atoms with E-state index in [0.29, 0.717) is 0 Å². The largest absolute Gasteiger partial charge is 0.254 e. The van der Waals surface area contributed by atoms with E-state index in [1.165, 1.54) is 29.4 Å². The van der Waals surface area contributed by atoms with Gasteiger partial charge in [0.15, 0.2) is 13.4 Å². The summed E-state index contributed by atoms with van der Waals surface area (Å²) in [5.41, 5.74) is 0. The average molecular weight is 264 g/mol. The molecule has 0 amide bonds. The molecule has 0 aliphatic rings. The molecule has 2 aromatic heterocycles. The van der Waals surface area contributed by atoms with Gasteiger partial charge in [-0.1, -0.05) is 11.3 Å². The first-order chi connectivity index (χ1) is 5.84. The highest BCUT2D eigenvalue weighted by Crippen LogP contribution is 2.28. The predicted molar refractivity (Wildman–Crippen MR) is 48.1 cm³/mol. The van der Waals surface area contributed by atoms with Crippen molar-refractivity contribution >= 4 is 39.0 Å². The van der Waals surface area contributed by atoms with Crippen molar-refractivity contribution in [3.63, 3.8) is 0 Å². The van der Waals surface area contributed by atoms with Crippen molar-refractivity contribution in [2.24, 2.45) is 0 Å². The highest BCUT2D eigenvalue weighted by molar-refractivity contribution is 9.11. The zero-order valence-corrected chi connectivity index (χ0v) is 8.78. The summed E-state index contributed by atoms with van der Waals surface area (Å²) in [4.78, 5) is 3.94. The molecule has 0 saturated carbocycles. The Balaban J connectivity index is 2.14. The van der Waals surface area contributed by atoms with Gasteiger partial charge < -0.3 is 0 Å². The van der Waals surface area contributed by atoms with E-state index >= 15 is 0 Å². The molecular formula is C4H2BrN5S2. The van der Waals surface area contributed by atoms with E-state index in [2.05, 4.69) is 41.3 Å². The molecule has 0 aliphatic heterocycles. The predicted octanol–water partition coefficient (Wildman–Crippen LogP) is 1.57. The molecule has 12 heavy (non-hydrogen) atoms. The molecule has 0 aromatic carbocycles. The summed E-state index contributed by atoms with van der Waals surface area (Å²) >= 11 is 6.08. The summed E-state index contributed by atoms with van der Waals surface area (Å²) in [5.74, 6) is 0. The van der Waals surface area contributed by atoms with Crippen LogP contribution in [0, 0.1) is 0 Å². The normalized spacial score (nSPS) is 10.4. The smallest absolute Gasteiger partial charge is 0.190 e. The second-order valence-electron chi connectivity index (χ2n) is 1.71. The number of rotatable bonds is 2. The van der Waals surface area contributed by atoms with E-state index in [0.717, 1.165) is 13.4 Å². The number of halogens is 1. The van der Waals surface area contributed by atoms with Gasteiger partial charge in [-0.2, -0.15) is 5.10 Å². The van der Waals surface area contributed by atoms with Crippen LogP contribution in [0.25, 0.3) is 0 Å². The first-order valence-corrected chi connectivity index (χ1v) is 5.29. The topological polar surface area (TPSA) is 67.3 Å². The van der Waals surface area contributed by atoms with E-state index in [9.17, 15) is 0 Å². The SMILES string of the molecule is Brc1nnc(Sc2ncn[nH]2)s1. The minimum atomic E-state index is 0.721. The second-order valence-corrected chi connectivity index (χ2v) is 5.20. The van der Waals surface area contributed by atoms with Crippen molar-refractivity contribution in [3.05, 3.63) is 10.2 Å². The first-order valence-electron chi connectivity index (χ1n) is 2.87. The summed E-state index contributed by atoms with van der Waals surface area (Å²) in [7, 11) is 0. The Labute approximate surface area is 84.1 Å². The molecule has 1 N–H and O–H groups in total. The second kappa shape index (κ2) is 3.50. The van der Waals surface area contributed by atoms with Crippen LogP contribution in [0.5, 0.6) is 0 Å². The van der Waals surface area contributed by atoms with Crippen LogP contribution in [0.4, 0.5) is 0 Å². The number of hydrogen-bond acceptors (Lipinski definition) is 6. The van der Waals surface area contributed by atoms with Crippen molar-refractivity contribution in [2.75, 3.05) is 0 Å². The fourth-order valence-corrected chi connectivity index (χ4v) is 2.81. The number of nitrogens with zero attached hydrogens (tertiary/aromatic N) is 4. The zero-order chi connectivity index (χ0) is 8.39. The Morgan fingerprint density at radius 3 is 3.00 bits per heavy atom. The molecule has 0 radical (unpaired) electrons.